The minimum atomic E-state index is -0.580. The molecule has 0 amide bonds. The highest BCUT2D eigenvalue weighted by molar-refractivity contribution is 5.43. The summed E-state index contributed by atoms with van der Waals surface area (Å²) in [6.45, 7) is -0.0934. The van der Waals surface area contributed by atoms with Gasteiger partial charge in [-0.3, -0.25) is 0 Å². The summed E-state index contributed by atoms with van der Waals surface area (Å²) in [7, 11) is 1.38. The molecule has 0 saturated carbocycles. The highest BCUT2D eigenvalue weighted by Gasteiger charge is 2.10. The van der Waals surface area contributed by atoms with E-state index in [2.05, 4.69) is 0 Å². The van der Waals surface area contributed by atoms with Crippen LogP contribution in [0.4, 0.5) is 14.5 Å². The van der Waals surface area contributed by atoms with Crippen LogP contribution < -0.4 is 15.2 Å². The zero-order valence-corrected chi connectivity index (χ0v) is 10.3. The number of rotatable bonds is 4. The van der Waals surface area contributed by atoms with E-state index in [9.17, 15) is 8.78 Å². The van der Waals surface area contributed by atoms with Crippen LogP contribution >= 0.6 is 0 Å². The number of ether oxygens (including phenoxy) is 2. The molecule has 0 aromatic heterocycles. The molecule has 2 rings (SSSR count). The molecule has 0 aliphatic heterocycles. The van der Waals surface area contributed by atoms with Gasteiger partial charge in [0.05, 0.1) is 7.11 Å². The van der Waals surface area contributed by atoms with Crippen LogP contribution in [0.1, 0.15) is 5.56 Å². The number of nitrogen functional groups attached to an aromatic ring is 1. The first-order valence-corrected chi connectivity index (χ1v) is 5.61. The van der Waals surface area contributed by atoms with E-state index in [-0.39, 0.29) is 23.7 Å². The lowest BCUT2D eigenvalue weighted by Crippen LogP contribution is -2.02. The van der Waals surface area contributed by atoms with Crippen molar-refractivity contribution >= 4 is 5.69 Å². The molecular weight excluding hydrogens is 252 g/mol. The normalized spacial score (nSPS) is 10.3. The van der Waals surface area contributed by atoms with Gasteiger partial charge in [0.1, 0.15) is 6.61 Å². The molecule has 5 heteroatoms. The van der Waals surface area contributed by atoms with E-state index < -0.39 is 11.6 Å². The second-order valence-electron chi connectivity index (χ2n) is 3.91. The third-order valence-corrected chi connectivity index (χ3v) is 2.60. The molecule has 2 aromatic rings. The fraction of sp³-hybridized carbons (Fsp3) is 0.143. The van der Waals surface area contributed by atoms with Gasteiger partial charge in [-0.1, -0.05) is 12.1 Å². The molecule has 0 radical (unpaired) electrons. The standard InChI is InChI=1S/C14H13F2NO2/c1-18-13-4-2-3-9(14(13)16)8-19-12-6-5-10(17)7-11(12)15/h2-7H,8,17H2,1H3. The summed E-state index contributed by atoms with van der Waals surface area (Å²) < 4.78 is 37.4. The van der Waals surface area contributed by atoms with E-state index in [1.807, 2.05) is 0 Å². The highest BCUT2D eigenvalue weighted by atomic mass is 19.1. The highest BCUT2D eigenvalue weighted by Crippen LogP contribution is 2.24. The monoisotopic (exact) mass is 265 g/mol. The number of hydrogen-bond acceptors (Lipinski definition) is 3. The van der Waals surface area contributed by atoms with E-state index in [0.29, 0.717) is 5.69 Å². The van der Waals surface area contributed by atoms with Crippen molar-refractivity contribution in [2.75, 3.05) is 12.8 Å². The molecule has 0 unspecified atom stereocenters. The van der Waals surface area contributed by atoms with Crippen LogP contribution in [0.25, 0.3) is 0 Å². The van der Waals surface area contributed by atoms with Gasteiger partial charge >= 0.3 is 0 Å². The van der Waals surface area contributed by atoms with Crippen LogP contribution in [-0.2, 0) is 6.61 Å². The van der Waals surface area contributed by atoms with Crippen molar-refractivity contribution in [2.24, 2.45) is 0 Å². The van der Waals surface area contributed by atoms with Gasteiger partial charge in [0, 0.05) is 17.3 Å². The van der Waals surface area contributed by atoms with Crippen molar-refractivity contribution in [2.45, 2.75) is 6.61 Å². The molecule has 0 fully saturated rings. The molecule has 3 nitrogen and oxygen atoms in total. The minimum absolute atomic E-state index is 0.0245. The number of halogens is 2. The topological polar surface area (TPSA) is 44.5 Å². The number of methoxy groups -OCH3 is 1. The summed E-state index contributed by atoms with van der Waals surface area (Å²) in [5.41, 5.74) is 6.02. The second-order valence-corrected chi connectivity index (χ2v) is 3.91. The third-order valence-electron chi connectivity index (χ3n) is 2.60. The first kappa shape index (κ1) is 13.1. The summed E-state index contributed by atoms with van der Waals surface area (Å²) in [5.74, 6) is -0.945. The smallest absolute Gasteiger partial charge is 0.171 e. The number of hydrogen-bond donors (Lipinski definition) is 1. The number of benzene rings is 2. The average Bonchev–Trinajstić information content (AvgIpc) is 2.39. The van der Waals surface area contributed by atoms with Crippen molar-refractivity contribution in [1.29, 1.82) is 0 Å². The Labute approximate surface area is 109 Å². The van der Waals surface area contributed by atoms with Crippen molar-refractivity contribution in [3.63, 3.8) is 0 Å². The quantitative estimate of drug-likeness (QED) is 0.864. The van der Waals surface area contributed by atoms with Crippen LogP contribution in [-0.4, -0.2) is 7.11 Å². The zero-order valence-electron chi connectivity index (χ0n) is 10.3. The first-order valence-electron chi connectivity index (χ1n) is 5.61. The van der Waals surface area contributed by atoms with Crippen molar-refractivity contribution in [1.82, 2.24) is 0 Å². The molecule has 0 aliphatic rings. The number of nitrogens with two attached hydrogens (primary N) is 1. The van der Waals surface area contributed by atoms with Gasteiger partial charge in [0.15, 0.2) is 23.1 Å². The van der Waals surface area contributed by atoms with E-state index in [0.717, 1.165) is 6.07 Å². The van der Waals surface area contributed by atoms with Gasteiger partial charge in [-0.25, -0.2) is 8.78 Å². The van der Waals surface area contributed by atoms with Crippen LogP contribution in [0.3, 0.4) is 0 Å². The van der Waals surface area contributed by atoms with Gasteiger partial charge in [-0.05, 0) is 18.2 Å². The van der Waals surface area contributed by atoms with Crippen LogP contribution in [0.15, 0.2) is 36.4 Å². The molecule has 0 saturated heterocycles. The summed E-state index contributed by atoms with van der Waals surface area (Å²) in [6.07, 6.45) is 0. The van der Waals surface area contributed by atoms with Crippen LogP contribution in [0, 0.1) is 11.6 Å². The first-order chi connectivity index (χ1) is 9.11. The minimum Gasteiger partial charge on any atom is -0.494 e. The Morgan fingerprint density at radius 1 is 1.11 bits per heavy atom. The van der Waals surface area contributed by atoms with Gasteiger partial charge in [-0.2, -0.15) is 0 Å². The molecule has 0 heterocycles. The van der Waals surface area contributed by atoms with Gasteiger partial charge < -0.3 is 15.2 Å². The number of anilines is 1. The Bertz CT molecular complexity index is 588. The van der Waals surface area contributed by atoms with Crippen molar-refractivity contribution in [3.8, 4) is 11.5 Å². The molecule has 0 aliphatic carbocycles. The van der Waals surface area contributed by atoms with Crippen molar-refractivity contribution < 1.29 is 18.3 Å². The Balaban J connectivity index is 2.14. The Morgan fingerprint density at radius 2 is 1.89 bits per heavy atom. The lowest BCUT2D eigenvalue weighted by Gasteiger charge is -2.10. The summed E-state index contributed by atoms with van der Waals surface area (Å²) >= 11 is 0. The van der Waals surface area contributed by atoms with E-state index in [1.54, 1.807) is 12.1 Å². The zero-order chi connectivity index (χ0) is 13.8. The fourth-order valence-electron chi connectivity index (χ4n) is 1.62. The lowest BCUT2D eigenvalue weighted by molar-refractivity contribution is 0.282. The maximum absolute atomic E-state index is 13.8. The summed E-state index contributed by atoms with van der Waals surface area (Å²) in [4.78, 5) is 0. The SMILES string of the molecule is COc1cccc(COc2ccc(N)cc2F)c1F. The van der Waals surface area contributed by atoms with Gasteiger partial charge in [0.25, 0.3) is 0 Å². The molecular formula is C14H13F2NO2. The molecule has 0 atom stereocenters. The van der Waals surface area contributed by atoms with Crippen LogP contribution in [0.2, 0.25) is 0 Å². The fourth-order valence-corrected chi connectivity index (χ4v) is 1.62. The van der Waals surface area contributed by atoms with Crippen LogP contribution in [0.5, 0.6) is 11.5 Å². The van der Waals surface area contributed by atoms with E-state index in [1.165, 1.54) is 25.3 Å². The predicted octanol–water partition coefficient (Wildman–Crippen LogP) is 3.13. The maximum atomic E-state index is 13.8. The predicted molar refractivity (Wildman–Crippen MR) is 68.1 cm³/mol. The Hall–Kier alpha value is -2.30. The van der Waals surface area contributed by atoms with Gasteiger partial charge in [-0.15, -0.1) is 0 Å². The Morgan fingerprint density at radius 3 is 2.58 bits per heavy atom. The van der Waals surface area contributed by atoms with E-state index >= 15 is 0 Å². The summed E-state index contributed by atoms with van der Waals surface area (Å²) in [5, 5.41) is 0. The van der Waals surface area contributed by atoms with Crippen molar-refractivity contribution in [3.05, 3.63) is 53.6 Å². The van der Waals surface area contributed by atoms with Gasteiger partial charge in [0.2, 0.25) is 0 Å². The lowest BCUT2D eigenvalue weighted by atomic mass is 10.2. The molecule has 2 N–H and O–H groups in total. The van der Waals surface area contributed by atoms with E-state index in [4.69, 9.17) is 15.2 Å². The Kier molecular flexibility index (Phi) is 3.85. The summed E-state index contributed by atoms with van der Waals surface area (Å²) in [6, 6.07) is 8.76. The molecule has 0 bridgehead atoms. The molecule has 100 valence electrons. The average molecular weight is 265 g/mol. The second kappa shape index (κ2) is 5.56. The maximum Gasteiger partial charge on any atom is 0.171 e. The third kappa shape index (κ3) is 2.93. The largest absolute Gasteiger partial charge is 0.494 e. The molecule has 0 spiro atoms. The molecule has 19 heavy (non-hydrogen) atoms. The molecule has 2 aromatic carbocycles.